The molecule has 0 fully saturated rings. The molecule has 0 radical (unpaired) electrons. The number of aliphatic hydroxyl groups excluding tert-OH is 2. The van der Waals surface area contributed by atoms with E-state index in [0.29, 0.717) is 16.5 Å². The lowest BCUT2D eigenvalue weighted by molar-refractivity contribution is -0.137. The molecule has 0 bridgehead atoms. The highest BCUT2D eigenvalue weighted by Crippen LogP contribution is 2.36. The van der Waals surface area contributed by atoms with Crippen LogP contribution in [0.2, 0.25) is 4.34 Å². The molecule has 2 amide bonds. The Morgan fingerprint density at radius 3 is 2.79 bits per heavy atom. The molecule has 1 aliphatic carbocycles. The van der Waals surface area contributed by atoms with E-state index in [2.05, 4.69) is 10.3 Å². The second-order valence-corrected chi connectivity index (χ2v) is 8.60. The molecule has 152 valence electrons. The third-order valence-corrected chi connectivity index (χ3v) is 6.36. The molecule has 3 aromatic rings. The standard InChI is InChI=1S/C20H20ClN3O4S/c21-16-9-12-8-15(23-20(12)29-16)19(28)22-14-7-11-3-1-2-4-13(11)18(14)24(5-6-25)17(27)10-26/h1-4,8-9,14,18,23,25-26H,5-7,10H2,(H,22,28)/t14-,18+/m1/s1. The molecule has 2 aromatic heterocycles. The number of amides is 2. The van der Waals surface area contributed by atoms with Crippen LogP contribution in [0.25, 0.3) is 10.2 Å². The van der Waals surface area contributed by atoms with Gasteiger partial charge in [0.2, 0.25) is 5.91 Å². The molecule has 29 heavy (non-hydrogen) atoms. The Balaban J connectivity index is 1.62. The van der Waals surface area contributed by atoms with Gasteiger partial charge in [-0.25, -0.2) is 0 Å². The summed E-state index contributed by atoms with van der Waals surface area (Å²) >= 11 is 7.36. The number of rotatable bonds is 6. The third-order valence-electron chi connectivity index (χ3n) is 5.17. The number of carbonyl (C=O) groups excluding carboxylic acids is 2. The quantitative estimate of drug-likeness (QED) is 0.477. The number of aliphatic hydroxyl groups is 2. The van der Waals surface area contributed by atoms with E-state index in [0.717, 1.165) is 21.3 Å². The van der Waals surface area contributed by atoms with Crippen LogP contribution in [0.1, 0.15) is 27.7 Å². The Bertz CT molecular complexity index is 1030. The smallest absolute Gasteiger partial charge is 0.268 e. The average molecular weight is 434 g/mol. The number of carbonyl (C=O) groups is 2. The first-order valence-corrected chi connectivity index (χ1v) is 10.4. The highest BCUT2D eigenvalue weighted by atomic mass is 35.5. The minimum atomic E-state index is -0.660. The van der Waals surface area contributed by atoms with Gasteiger partial charge in [0.05, 0.1) is 23.0 Å². The normalized spacial score (nSPS) is 18.0. The summed E-state index contributed by atoms with van der Waals surface area (Å²) in [5.74, 6) is -0.775. The Labute approximate surface area is 175 Å². The Kier molecular flexibility index (Phi) is 5.60. The van der Waals surface area contributed by atoms with Crippen molar-refractivity contribution in [1.29, 1.82) is 0 Å². The molecular weight excluding hydrogens is 414 g/mol. The van der Waals surface area contributed by atoms with E-state index in [1.165, 1.54) is 16.2 Å². The van der Waals surface area contributed by atoms with Gasteiger partial charge in [-0.3, -0.25) is 9.59 Å². The zero-order valence-electron chi connectivity index (χ0n) is 15.4. The summed E-state index contributed by atoms with van der Waals surface area (Å²) in [4.78, 5) is 30.6. The SMILES string of the molecule is O=C(N[C@@H]1Cc2ccccc2[C@@H]1N(CCO)C(=O)CO)c1cc2cc(Cl)sc2[nH]1. The Morgan fingerprint density at radius 1 is 1.28 bits per heavy atom. The molecular formula is C20H20ClN3O4S. The van der Waals surface area contributed by atoms with E-state index in [1.54, 1.807) is 12.1 Å². The molecule has 2 atom stereocenters. The number of halogens is 1. The van der Waals surface area contributed by atoms with E-state index in [-0.39, 0.29) is 25.1 Å². The molecule has 4 rings (SSSR count). The van der Waals surface area contributed by atoms with Gasteiger partial charge in [0.1, 0.15) is 17.1 Å². The van der Waals surface area contributed by atoms with Crippen LogP contribution in [0.4, 0.5) is 0 Å². The highest BCUT2D eigenvalue weighted by molar-refractivity contribution is 7.22. The second-order valence-electron chi connectivity index (χ2n) is 6.91. The molecule has 0 unspecified atom stereocenters. The molecule has 0 saturated carbocycles. The van der Waals surface area contributed by atoms with Crippen molar-refractivity contribution in [2.45, 2.75) is 18.5 Å². The van der Waals surface area contributed by atoms with Crippen LogP contribution in [0, 0.1) is 0 Å². The Hall–Kier alpha value is -2.39. The average Bonchev–Trinajstić information content (AvgIpc) is 3.36. The molecule has 9 heteroatoms. The summed E-state index contributed by atoms with van der Waals surface area (Å²) in [6, 6.07) is 10.3. The maximum absolute atomic E-state index is 12.9. The van der Waals surface area contributed by atoms with Crippen LogP contribution >= 0.6 is 22.9 Å². The van der Waals surface area contributed by atoms with E-state index in [9.17, 15) is 19.8 Å². The van der Waals surface area contributed by atoms with Crippen molar-refractivity contribution in [2.75, 3.05) is 19.8 Å². The zero-order chi connectivity index (χ0) is 20.5. The minimum Gasteiger partial charge on any atom is -0.395 e. The summed E-state index contributed by atoms with van der Waals surface area (Å²) in [6.45, 7) is -0.826. The minimum absolute atomic E-state index is 0.0709. The van der Waals surface area contributed by atoms with Gasteiger partial charge in [-0.15, -0.1) is 11.3 Å². The third kappa shape index (κ3) is 3.76. The molecule has 1 aromatic carbocycles. The number of aromatic nitrogens is 1. The molecule has 4 N–H and O–H groups in total. The van der Waals surface area contributed by atoms with Gasteiger partial charge in [0.15, 0.2) is 0 Å². The van der Waals surface area contributed by atoms with E-state index < -0.39 is 18.6 Å². The number of nitrogens with zero attached hydrogens (tertiary/aromatic N) is 1. The van der Waals surface area contributed by atoms with Crippen LogP contribution < -0.4 is 5.32 Å². The lowest BCUT2D eigenvalue weighted by Gasteiger charge is -2.33. The number of thiophene rings is 1. The van der Waals surface area contributed by atoms with Crippen molar-refractivity contribution in [1.82, 2.24) is 15.2 Å². The Morgan fingerprint density at radius 2 is 2.07 bits per heavy atom. The fraction of sp³-hybridized carbons (Fsp3) is 0.300. The number of nitrogens with one attached hydrogen (secondary N) is 2. The van der Waals surface area contributed by atoms with Crippen LogP contribution in [0.15, 0.2) is 36.4 Å². The predicted molar refractivity (Wildman–Crippen MR) is 111 cm³/mol. The molecule has 7 nitrogen and oxygen atoms in total. The van der Waals surface area contributed by atoms with Crippen LogP contribution in [0.5, 0.6) is 0 Å². The van der Waals surface area contributed by atoms with Gasteiger partial charge in [-0.2, -0.15) is 0 Å². The maximum Gasteiger partial charge on any atom is 0.268 e. The van der Waals surface area contributed by atoms with Crippen molar-refractivity contribution in [3.63, 3.8) is 0 Å². The van der Waals surface area contributed by atoms with Crippen LogP contribution in [-0.2, 0) is 11.2 Å². The van der Waals surface area contributed by atoms with Crippen molar-refractivity contribution in [3.05, 3.63) is 57.6 Å². The monoisotopic (exact) mass is 433 g/mol. The van der Waals surface area contributed by atoms with Gasteiger partial charge in [0.25, 0.3) is 5.91 Å². The van der Waals surface area contributed by atoms with E-state index in [4.69, 9.17) is 11.6 Å². The number of H-pyrrole nitrogens is 1. The van der Waals surface area contributed by atoms with Crippen molar-refractivity contribution in [3.8, 4) is 0 Å². The topological polar surface area (TPSA) is 106 Å². The molecule has 2 heterocycles. The summed E-state index contributed by atoms with van der Waals surface area (Å²) in [6.07, 6.45) is 0.550. The first kappa shape index (κ1) is 19.9. The number of benzene rings is 1. The number of hydrogen-bond acceptors (Lipinski definition) is 5. The zero-order valence-corrected chi connectivity index (χ0v) is 17.0. The van der Waals surface area contributed by atoms with E-state index >= 15 is 0 Å². The molecule has 0 aliphatic heterocycles. The van der Waals surface area contributed by atoms with Crippen LogP contribution in [-0.4, -0.2) is 57.7 Å². The number of fused-ring (bicyclic) bond motifs is 2. The predicted octanol–water partition coefficient (Wildman–Crippen LogP) is 2.09. The first-order valence-electron chi connectivity index (χ1n) is 9.19. The first-order chi connectivity index (χ1) is 14.0. The lowest BCUT2D eigenvalue weighted by Crippen LogP contribution is -2.48. The summed E-state index contributed by atoms with van der Waals surface area (Å²) in [5.41, 5.74) is 2.35. The second kappa shape index (κ2) is 8.16. The van der Waals surface area contributed by atoms with Crippen molar-refractivity contribution >= 4 is 45.0 Å². The number of aromatic amines is 1. The van der Waals surface area contributed by atoms with Gasteiger partial charge in [0, 0.05) is 11.9 Å². The largest absolute Gasteiger partial charge is 0.395 e. The number of hydrogen-bond donors (Lipinski definition) is 4. The van der Waals surface area contributed by atoms with Crippen molar-refractivity contribution < 1.29 is 19.8 Å². The van der Waals surface area contributed by atoms with Gasteiger partial charge in [-0.05, 0) is 29.7 Å². The molecule has 0 spiro atoms. The molecule has 0 saturated heterocycles. The summed E-state index contributed by atoms with van der Waals surface area (Å²) in [7, 11) is 0. The van der Waals surface area contributed by atoms with Crippen LogP contribution in [0.3, 0.4) is 0 Å². The lowest BCUT2D eigenvalue weighted by atomic mass is 10.0. The summed E-state index contributed by atoms with van der Waals surface area (Å²) in [5, 5.41) is 22.7. The maximum atomic E-state index is 12.9. The highest BCUT2D eigenvalue weighted by Gasteiger charge is 2.39. The fourth-order valence-electron chi connectivity index (χ4n) is 3.97. The van der Waals surface area contributed by atoms with Gasteiger partial charge in [-0.1, -0.05) is 35.9 Å². The summed E-state index contributed by atoms with van der Waals surface area (Å²) < 4.78 is 0.645. The fourth-order valence-corrected chi connectivity index (χ4v) is 5.09. The molecule has 1 aliphatic rings. The van der Waals surface area contributed by atoms with Crippen molar-refractivity contribution in [2.24, 2.45) is 0 Å². The van der Waals surface area contributed by atoms with E-state index in [1.807, 2.05) is 24.3 Å². The van der Waals surface area contributed by atoms with Gasteiger partial charge < -0.3 is 25.4 Å². The van der Waals surface area contributed by atoms with Gasteiger partial charge >= 0.3 is 0 Å².